The lowest BCUT2D eigenvalue weighted by molar-refractivity contribution is -0.137. The molecule has 1 fully saturated rings. The van der Waals surface area contributed by atoms with Crippen LogP contribution >= 0.6 is 27.7 Å². The van der Waals surface area contributed by atoms with Crippen LogP contribution < -0.4 is 0 Å². The number of amides is 2. The van der Waals surface area contributed by atoms with Crippen LogP contribution in [-0.4, -0.2) is 16.0 Å². The molecule has 2 aromatic rings. The molecule has 134 valence electrons. The van der Waals surface area contributed by atoms with Crippen molar-refractivity contribution in [3.63, 3.8) is 0 Å². The summed E-state index contributed by atoms with van der Waals surface area (Å²) >= 11 is 4.08. The molecule has 3 rings (SSSR count). The molecule has 2 aromatic carbocycles. The van der Waals surface area contributed by atoms with Gasteiger partial charge in [0.25, 0.3) is 11.1 Å². The second kappa shape index (κ2) is 7.28. The fourth-order valence-electron chi connectivity index (χ4n) is 2.39. The van der Waals surface area contributed by atoms with Crippen LogP contribution in [0.1, 0.15) is 16.7 Å². The van der Waals surface area contributed by atoms with Crippen molar-refractivity contribution < 1.29 is 22.8 Å². The summed E-state index contributed by atoms with van der Waals surface area (Å²) in [6.45, 7) is 0.0893. The number of rotatable bonds is 3. The fraction of sp³-hybridized carbons (Fsp3) is 0.111. The summed E-state index contributed by atoms with van der Waals surface area (Å²) in [5.41, 5.74) is 0.167. The van der Waals surface area contributed by atoms with E-state index in [2.05, 4.69) is 15.9 Å². The van der Waals surface area contributed by atoms with Crippen LogP contribution in [0.25, 0.3) is 6.08 Å². The maximum atomic E-state index is 12.8. The monoisotopic (exact) mass is 441 g/mol. The first-order valence-electron chi connectivity index (χ1n) is 7.42. The zero-order chi connectivity index (χ0) is 18.9. The summed E-state index contributed by atoms with van der Waals surface area (Å²) in [5.74, 6) is -0.520. The summed E-state index contributed by atoms with van der Waals surface area (Å²) in [6, 6.07) is 11.8. The summed E-state index contributed by atoms with van der Waals surface area (Å²) in [7, 11) is 0. The van der Waals surface area contributed by atoms with E-state index >= 15 is 0 Å². The molecule has 26 heavy (non-hydrogen) atoms. The van der Waals surface area contributed by atoms with E-state index in [0.717, 1.165) is 38.8 Å². The highest BCUT2D eigenvalue weighted by atomic mass is 79.9. The second-order valence-corrected chi connectivity index (χ2v) is 7.33. The normalized spacial score (nSPS) is 16.6. The van der Waals surface area contributed by atoms with Gasteiger partial charge in [-0.15, -0.1) is 0 Å². The number of imide groups is 1. The zero-order valence-corrected chi connectivity index (χ0v) is 15.5. The van der Waals surface area contributed by atoms with Crippen molar-refractivity contribution in [1.82, 2.24) is 4.90 Å². The molecule has 1 aliphatic rings. The Kier molecular flexibility index (Phi) is 5.24. The topological polar surface area (TPSA) is 37.4 Å². The number of benzene rings is 2. The Morgan fingerprint density at radius 1 is 1.08 bits per heavy atom. The quantitative estimate of drug-likeness (QED) is 0.572. The van der Waals surface area contributed by atoms with Crippen LogP contribution in [0.5, 0.6) is 0 Å². The first kappa shape index (κ1) is 18.7. The average molecular weight is 442 g/mol. The van der Waals surface area contributed by atoms with Crippen LogP contribution in [0, 0.1) is 0 Å². The summed E-state index contributed by atoms with van der Waals surface area (Å²) in [6.07, 6.45) is -3.16. The van der Waals surface area contributed by atoms with Gasteiger partial charge in [-0.25, -0.2) is 0 Å². The van der Waals surface area contributed by atoms with Gasteiger partial charge >= 0.3 is 6.18 Å². The van der Waals surface area contributed by atoms with Crippen LogP contribution in [0.2, 0.25) is 0 Å². The number of hydrogen-bond acceptors (Lipinski definition) is 3. The fourth-order valence-corrected chi connectivity index (χ4v) is 3.64. The molecule has 0 unspecified atom stereocenters. The van der Waals surface area contributed by atoms with E-state index in [1.54, 1.807) is 18.2 Å². The van der Waals surface area contributed by atoms with Gasteiger partial charge in [0, 0.05) is 4.47 Å². The van der Waals surface area contributed by atoms with Crippen molar-refractivity contribution in [2.24, 2.45) is 0 Å². The standard InChI is InChI=1S/C18H11BrF3NO2S/c19-14-7-2-1-5-12(14)10-23-16(24)15(26-17(23)25)9-11-4-3-6-13(8-11)18(20,21)22/h1-9H,10H2/b15-9-. The van der Waals surface area contributed by atoms with Crippen LogP contribution in [-0.2, 0) is 17.5 Å². The Morgan fingerprint density at radius 2 is 1.81 bits per heavy atom. The number of hydrogen-bond donors (Lipinski definition) is 0. The van der Waals surface area contributed by atoms with E-state index in [9.17, 15) is 22.8 Å². The average Bonchev–Trinajstić information content (AvgIpc) is 2.84. The maximum Gasteiger partial charge on any atom is 0.416 e. The van der Waals surface area contributed by atoms with E-state index in [1.165, 1.54) is 18.2 Å². The largest absolute Gasteiger partial charge is 0.416 e. The van der Waals surface area contributed by atoms with E-state index in [4.69, 9.17) is 0 Å². The number of halogens is 4. The third-order valence-electron chi connectivity index (χ3n) is 3.67. The SMILES string of the molecule is O=C1S/C(=C\c2cccc(C(F)(F)F)c2)C(=O)N1Cc1ccccc1Br. The molecular formula is C18H11BrF3NO2S. The Morgan fingerprint density at radius 3 is 2.50 bits per heavy atom. The highest BCUT2D eigenvalue weighted by Crippen LogP contribution is 2.35. The van der Waals surface area contributed by atoms with Crippen LogP contribution in [0.3, 0.4) is 0 Å². The third kappa shape index (κ3) is 4.02. The van der Waals surface area contributed by atoms with Crippen LogP contribution in [0.4, 0.5) is 18.0 Å². The predicted octanol–water partition coefficient (Wildman–Crippen LogP) is 5.70. The number of alkyl halides is 3. The summed E-state index contributed by atoms with van der Waals surface area (Å²) in [5, 5.41) is -0.455. The molecule has 3 nitrogen and oxygen atoms in total. The molecule has 1 saturated heterocycles. The number of carbonyl (C=O) groups excluding carboxylic acids is 2. The molecule has 8 heteroatoms. The molecular weight excluding hydrogens is 431 g/mol. The van der Waals surface area contributed by atoms with Gasteiger partial charge in [0.15, 0.2) is 0 Å². The molecule has 1 heterocycles. The van der Waals surface area contributed by atoms with Gasteiger partial charge < -0.3 is 0 Å². The Balaban J connectivity index is 1.85. The van der Waals surface area contributed by atoms with E-state index in [-0.39, 0.29) is 17.0 Å². The smallest absolute Gasteiger partial charge is 0.268 e. The van der Waals surface area contributed by atoms with Crippen LogP contribution in [0.15, 0.2) is 57.9 Å². The van der Waals surface area contributed by atoms with Gasteiger partial charge in [0.05, 0.1) is 17.0 Å². The highest BCUT2D eigenvalue weighted by molar-refractivity contribution is 9.10. The summed E-state index contributed by atoms with van der Waals surface area (Å²) in [4.78, 5) is 25.8. The molecule has 0 N–H and O–H groups in total. The van der Waals surface area contributed by atoms with Crippen molar-refractivity contribution >= 4 is 44.9 Å². The third-order valence-corrected chi connectivity index (χ3v) is 5.35. The van der Waals surface area contributed by atoms with E-state index < -0.39 is 22.9 Å². The molecule has 2 amide bonds. The van der Waals surface area contributed by atoms with Gasteiger partial charge in [-0.05, 0) is 47.2 Å². The van der Waals surface area contributed by atoms with Gasteiger partial charge in [-0.2, -0.15) is 13.2 Å². The minimum atomic E-state index is -4.47. The van der Waals surface area contributed by atoms with Gasteiger partial charge in [-0.1, -0.05) is 46.3 Å². The van der Waals surface area contributed by atoms with Gasteiger partial charge in [0.2, 0.25) is 0 Å². The number of nitrogens with zero attached hydrogens (tertiary/aromatic N) is 1. The Bertz CT molecular complexity index is 911. The molecule has 0 bridgehead atoms. The van der Waals surface area contributed by atoms with Crippen molar-refractivity contribution in [2.75, 3.05) is 0 Å². The number of thioether (sulfide) groups is 1. The molecule has 0 saturated carbocycles. The Hall–Kier alpha value is -2.06. The van der Waals surface area contributed by atoms with Crippen molar-refractivity contribution in [3.05, 3.63) is 74.6 Å². The first-order valence-corrected chi connectivity index (χ1v) is 9.02. The molecule has 0 spiro atoms. The lowest BCUT2D eigenvalue weighted by Crippen LogP contribution is -2.27. The minimum Gasteiger partial charge on any atom is -0.268 e. The van der Waals surface area contributed by atoms with Crippen molar-refractivity contribution in [2.45, 2.75) is 12.7 Å². The molecule has 0 aliphatic carbocycles. The lowest BCUT2D eigenvalue weighted by Gasteiger charge is -2.13. The summed E-state index contributed by atoms with van der Waals surface area (Å²) < 4.78 is 39.2. The predicted molar refractivity (Wildman–Crippen MR) is 97.1 cm³/mol. The molecule has 0 aromatic heterocycles. The molecule has 0 atom stereocenters. The van der Waals surface area contributed by atoms with E-state index in [1.807, 2.05) is 6.07 Å². The maximum absolute atomic E-state index is 12.8. The molecule has 1 aliphatic heterocycles. The number of carbonyl (C=O) groups is 2. The van der Waals surface area contributed by atoms with Crippen molar-refractivity contribution in [1.29, 1.82) is 0 Å². The van der Waals surface area contributed by atoms with E-state index in [0.29, 0.717) is 0 Å². The second-order valence-electron chi connectivity index (χ2n) is 5.48. The first-order chi connectivity index (χ1) is 12.3. The molecule has 0 radical (unpaired) electrons. The van der Waals surface area contributed by atoms with Crippen molar-refractivity contribution in [3.8, 4) is 0 Å². The lowest BCUT2D eigenvalue weighted by atomic mass is 10.1. The zero-order valence-electron chi connectivity index (χ0n) is 13.1. The van der Waals surface area contributed by atoms with Gasteiger partial charge in [-0.3, -0.25) is 14.5 Å². The minimum absolute atomic E-state index is 0.0893. The highest BCUT2D eigenvalue weighted by Gasteiger charge is 2.35. The Labute approximate surface area is 160 Å². The van der Waals surface area contributed by atoms with Gasteiger partial charge in [0.1, 0.15) is 0 Å².